The molecule has 3 heterocycles. The second-order valence-corrected chi connectivity index (χ2v) is 8.40. The third-order valence-electron chi connectivity index (χ3n) is 6.00. The lowest BCUT2D eigenvalue weighted by molar-refractivity contribution is 0.0405. The molecule has 2 N–H and O–H groups in total. The fraction of sp³-hybridized carbons (Fsp3) is 0.455. The number of nitrogens with zero attached hydrogens (tertiary/aromatic N) is 3. The van der Waals surface area contributed by atoms with E-state index in [2.05, 4.69) is 24.1 Å². The molecule has 1 fully saturated rings. The molecule has 1 amide bonds. The van der Waals surface area contributed by atoms with Gasteiger partial charge in [0.05, 0.1) is 6.54 Å². The van der Waals surface area contributed by atoms with Crippen molar-refractivity contribution in [1.29, 1.82) is 0 Å². The average molecular weight is 414 g/mol. The van der Waals surface area contributed by atoms with Crippen LogP contribution in [0.25, 0.3) is 0 Å². The zero-order chi connectivity index (χ0) is 21.6. The molecule has 30 heavy (non-hydrogen) atoms. The lowest BCUT2D eigenvalue weighted by Crippen LogP contribution is -2.53. The quantitative estimate of drug-likeness (QED) is 0.781. The summed E-state index contributed by atoms with van der Waals surface area (Å²) in [4.78, 5) is 29.9. The molecule has 0 aliphatic carbocycles. The summed E-state index contributed by atoms with van der Waals surface area (Å²) < 4.78 is 14.7. The van der Waals surface area contributed by atoms with E-state index < -0.39 is 11.2 Å². The van der Waals surface area contributed by atoms with E-state index in [9.17, 15) is 19.1 Å². The van der Waals surface area contributed by atoms with Gasteiger partial charge in [-0.3, -0.25) is 14.5 Å². The zero-order valence-corrected chi connectivity index (χ0v) is 17.4. The molecule has 2 atom stereocenters. The van der Waals surface area contributed by atoms with Crippen molar-refractivity contribution >= 4 is 5.91 Å². The van der Waals surface area contributed by atoms with Gasteiger partial charge < -0.3 is 19.9 Å². The molecule has 160 valence electrons. The normalized spacial score (nSPS) is 21.2. The number of pyridine rings is 1. The van der Waals surface area contributed by atoms with E-state index in [1.54, 1.807) is 27.8 Å². The molecule has 0 radical (unpaired) electrons. The van der Waals surface area contributed by atoms with Crippen LogP contribution in [-0.4, -0.2) is 50.2 Å². The van der Waals surface area contributed by atoms with Crippen molar-refractivity contribution in [3.8, 4) is 5.75 Å². The highest BCUT2D eigenvalue weighted by Gasteiger charge is 2.46. The molecule has 0 saturated carbocycles. The molecular formula is C22H27FN4O3. The van der Waals surface area contributed by atoms with Gasteiger partial charge >= 0.3 is 0 Å². The number of hydrogen-bond acceptors (Lipinski definition) is 5. The Kier molecular flexibility index (Phi) is 5.38. The van der Waals surface area contributed by atoms with Gasteiger partial charge in [-0.05, 0) is 38.5 Å². The van der Waals surface area contributed by atoms with Crippen LogP contribution in [0.3, 0.4) is 0 Å². The zero-order valence-electron chi connectivity index (χ0n) is 17.4. The van der Waals surface area contributed by atoms with Crippen LogP contribution in [0.2, 0.25) is 0 Å². The minimum atomic E-state index is -0.535. The largest absolute Gasteiger partial charge is 0.503 e. The highest BCUT2D eigenvalue weighted by atomic mass is 19.1. The predicted molar refractivity (Wildman–Crippen MR) is 111 cm³/mol. The van der Waals surface area contributed by atoms with Crippen LogP contribution in [-0.2, 0) is 19.6 Å². The molecule has 7 nitrogen and oxygen atoms in total. The molecular weight excluding hydrogens is 387 g/mol. The molecule has 2 aliphatic rings. The maximum absolute atomic E-state index is 13.1. The second-order valence-electron chi connectivity index (χ2n) is 8.40. The van der Waals surface area contributed by atoms with Crippen molar-refractivity contribution < 1.29 is 14.3 Å². The van der Waals surface area contributed by atoms with E-state index in [1.807, 2.05) is 6.92 Å². The van der Waals surface area contributed by atoms with Gasteiger partial charge in [0.2, 0.25) is 5.43 Å². The van der Waals surface area contributed by atoms with Crippen molar-refractivity contribution in [2.24, 2.45) is 0 Å². The fourth-order valence-corrected chi connectivity index (χ4v) is 4.49. The molecule has 8 heteroatoms. The summed E-state index contributed by atoms with van der Waals surface area (Å²) in [6.45, 7) is 8.15. The number of aromatic nitrogens is 1. The first-order valence-electron chi connectivity index (χ1n) is 10.3. The van der Waals surface area contributed by atoms with Gasteiger partial charge in [0.1, 0.15) is 12.0 Å². The van der Waals surface area contributed by atoms with Crippen LogP contribution < -0.4 is 10.7 Å². The minimum Gasteiger partial charge on any atom is -0.503 e. The average Bonchev–Trinajstić information content (AvgIpc) is 3.04. The lowest BCUT2D eigenvalue weighted by atomic mass is 10.1. The Morgan fingerprint density at radius 2 is 1.87 bits per heavy atom. The second kappa shape index (κ2) is 7.85. The van der Waals surface area contributed by atoms with Gasteiger partial charge in [-0.2, -0.15) is 0 Å². The maximum atomic E-state index is 13.1. The van der Waals surface area contributed by atoms with Gasteiger partial charge in [0, 0.05) is 43.5 Å². The summed E-state index contributed by atoms with van der Waals surface area (Å²) in [6.07, 6.45) is 1.58. The van der Waals surface area contributed by atoms with E-state index in [0.717, 1.165) is 12.1 Å². The molecule has 1 aromatic heterocycles. The Morgan fingerprint density at radius 3 is 2.53 bits per heavy atom. The molecule has 0 bridgehead atoms. The van der Waals surface area contributed by atoms with Crippen LogP contribution in [0, 0.1) is 5.82 Å². The number of carbonyl (C=O) groups excluding carboxylic acids is 1. The number of nitrogens with one attached hydrogen (secondary N) is 1. The first-order chi connectivity index (χ1) is 14.3. The number of aromatic hydroxyl groups is 1. The van der Waals surface area contributed by atoms with Crippen LogP contribution in [0.15, 0.2) is 35.3 Å². The Labute approximate surface area is 174 Å². The topological polar surface area (TPSA) is 77.8 Å². The van der Waals surface area contributed by atoms with Crippen molar-refractivity contribution in [1.82, 2.24) is 19.7 Å². The number of carbonyl (C=O) groups is 1. The number of amides is 1. The third-order valence-corrected chi connectivity index (χ3v) is 6.00. The molecule has 1 aromatic carbocycles. The Balaban J connectivity index is 1.58. The Hall–Kier alpha value is -2.71. The summed E-state index contributed by atoms with van der Waals surface area (Å²) in [5.41, 5.74) is 0.807. The molecule has 4 rings (SSSR count). The van der Waals surface area contributed by atoms with E-state index >= 15 is 0 Å². The van der Waals surface area contributed by atoms with E-state index in [-0.39, 0.29) is 42.2 Å². The standard InChI is InChI=1S/C22H27FN4O3/c1-13(2)26-10-14(3)27-18(26)12-25-11-16(20(28)21(29)19(25)22(27)30)9-24-8-15-4-6-17(23)7-5-15/h4-7,11,13-14,18,24,29H,8-10,12H2,1-3H3/t14-,18+/m1/s1. The monoisotopic (exact) mass is 414 g/mol. The van der Waals surface area contributed by atoms with Crippen LogP contribution in [0.4, 0.5) is 4.39 Å². The van der Waals surface area contributed by atoms with Crippen LogP contribution in [0.5, 0.6) is 5.75 Å². The number of hydrogen-bond donors (Lipinski definition) is 2. The molecule has 0 spiro atoms. The lowest BCUT2D eigenvalue weighted by Gasteiger charge is -2.38. The SMILES string of the molecule is CC(C)N1C[C@@H](C)N2C(=O)c3c(O)c(=O)c(CNCc4ccc(F)cc4)cn3C[C@@H]12. The summed E-state index contributed by atoms with van der Waals surface area (Å²) in [6, 6.07) is 6.42. The van der Waals surface area contributed by atoms with E-state index in [0.29, 0.717) is 18.7 Å². The summed E-state index contributed by atoms with van der Waals surface area (Å²) in [5.74, 6) is -1.09. The van der Waals surface area contributed by atoms with E-state index in [4.69, 9.17) is 0 Å². The van der Waals surface area contributed by atoms with Gasteiger partial charge in [0.25, 0.3) is 5.91 Å². The number of benzene rings is 1. The maximum Gasteiger partial charge on any atom is 0.276 e. The number of rotatable bonds is 5. The first-order valence-corrected chi connectivity index (χ1v) is 10.3. The smallest absolute Gasteiger partial charge is 0.276 e. The Morgan fingerprint density at radius 1 is 1.17 bits per heavy atom. The minimum absolute atomic E-state index is 0.0187. The van der Waals surface area contributed by atoms with Gasteiger partial charge in [-0.15, -0.1) is 0 Å². The summed E-state index contributed by atoms with van der Waals surface area (Å²) in [5, 5.41) is 13.7. The van der Waals surface area contributed by atoms with Gasteiger partial charge in [0.15, 0.2) is 11.4 Å². The molecule has 1 saturated heterocycles. The summed E-state index contributed by atoms with van der Waals surface area (Å²) in [7, 11) is 0. The van der Waals surface area contributed by atoms with E-state index in [1.165, 1.54) is 12.1 Å². The van der Waals surface area contributed by atoms with Crippen molar-refractivity contribution in [3.05, 3.63) is 63.3 Å². The predicted octanol–water partition coefficient (Wildman–Crippen LogP) is 1.88. The first kappa shape index (κ1) is 20.6. The summed E-state index contributed by atoms with van der Waals surface area (Å²) >= 11 is 0. The van der Waals surface area contributed by atoms with Gasteiger partial charge in [-0.1, -0.05) is 12.1 Å². The molecule has 0 unspecified atom stereocenters. The van der Waals surface area contributed by atoms with Crippen LogP contribution >= 0.6 is 0 Å². The van der Waals surface area contributed by atoms with Crippen LogP contribution in [0.1, 0.15) is 42.4 Å². The number of halogens is 1. The molecule has 2 aromatic rings. The highest BCUT2D eigenvalue weighted by Crippen LogP contribution is 2.32. The highest BCUT2D eigenvalue weighted by molar-refractivity contribution is 5.96. The van der Waals surface area contributed by atoms with Crippen molar-refractivity contribution in [2.45, 2.75) is 58.7 Å². The fourth-order valence-electron chi connectivity index (χ4n) is 4.49. The van der Waals surface area contributed by atoms with Gasteiger partial charge in [-0.25, -0.2) is 4.39 Å². The van der Waals surface area contributed by atoms with Crippen molar-refractivity contribution in [2.75, 3.05) is 6.54 Å². The Bertz CT molecular complexity index is 1020. The molecule has 2 aliphatic heterocycles. The number of fused-ring (bicyclic) bond motifs is 2. The third kappa shape index (κ3) is 3.50. The van der Waals surface area contributed by atoms with Crippen molar-refractivity contribution in [3.63, 3.8) is 0 Å².